The molecule has 24 heavy (non-hydrogen) atoms. The Morgan fingerprint density at radius 3 is 3.08 bits per heavy atom. The minimum absolute atomic E-state index is 0.315. The van der Waals surface area contributed by atoms with Crippen LogP contribution in [0.15, 0.2) is 36.9 Å². The summed E-state index contributed by atoms with van der Waals surface area (Å²) >= 11 is 0. The number of aromatic nitrogens is 3. The van der Waals surface area contributed by atoms with E-state index in [0.717, 1.165) is 30.8 Å². The Hall–Kier alpha value is -1.92. The Bertz CT molecular complexity index is 617. The van der Waals surface area contributed by atoms with Crippen molar-refractivity contribution in [1.29, 1.82) is 0 Å². The Labute approximate surface area is 143 Å². The molecule has 2 heterocycles. The van der Waals surface area contributed by atoms with E-state index in [2.05, 4.69) is 15.0 Å². The molecule has 1 aliphatic rings. The molecule has 1 saturated heterocycles. The molecule has 3 rings (SSSR count). The van der Waals surface area contributed by atoms with Crippen LogP contribution in [0, 0.1) is 6.92 Å². The van der Waals surface area contributed by atoms with Crippen LogP contribution in [-0.2, 0) is 6.54 Å². The summed E-state index contributed by atoms with van der Waals surface area (Å²) in [7, 11) is 0. The van der Waals surface area contributed by atoms with E-state index >= 15 is 0 Å². The molecule has 130 valence electrons. The minimum Gasteiger partial charge on any atom is -0.491 e. The fourth-order valence-corrected chi connectivity index (χ4v) is 3.27. The molecule has 2 aromatic rings. The summed E-state index contributed by atoms with van der Waals surface area (Å²) in [5.74, 6) is 0.812. The number of hydrogen-bond donors (Lipinski definition) is 1. The van der Waals surface area contributed by atoms with Crippen LogP contribution in [0.2, 0.25) is 0 Å². The van der Waals surface area contributed by atoms with Crippen LogP contribution in [0.3, 0.4) is 0 Å². The predicted octanol–water partition coefficient (Wildman–Crippen LogP) is 1.88. The lowest BCUT2D eigenvalue weighted by molar-refractivity contribution is 0.0345. The van der Waals surface area contributed by atoms with Gasteiger partial charge in [0.05, 0.1) is 6.54 Å². The molecule has 6 heteroatoms. The van der Waals surface area contributed by atoms with Gasteiger partial charge in [-0.3, -0.25) is 9.58 Å². The number of benzene rings is 1. The quantitative estimate of drug-likeness (QED) is 0.840. The van der Waals surface area contributed by atoms with E-state index in [1.54, 1.807) is 12.7 Å². The number of piperidine rings is 1. The van der Waals surface area contributed by atoms with Gasteiger partial charge in [0.25, 0.3) is 0 Å². The SMILES string of the molecule is Cc1cccc(OC[C@@H](O)CN2CCCC[C@@H]2Cn2cncn2)c1. The van der Waals surface area contributed by atoms with Crippen molar-refractivity contribution in [1.82, 2.24) is 19.7 Å². The van der Waals surface area contributed by atoms with Crippen LogP contribution in [0.1, 0.15) is 24.8 Å². The number of aliphatic hydroxyl groups is 1. The molecule has 2 atom stereocenters. The first-order chi connectivity index (χ1) is 11.7. The van der Waals surface area contributed by atoms with Gasteiger partial charge in [-0.15, -0.1) is 0 Å². The number of nitrogens with zero attached hydrogens (tertiary/aromatic N) is 4. The van der Waals surface area contributed by atoms with Crippen LogP contribution >= 0.6 is 0 Å². The molecule has 0 spiro atoms. The van der Waals surface area contributed by atoms with Crippen LogP contribution in [0.4, 0.5) is 0 Å². The van der Waals surface area contributed by atoms with E-state index in [-0.39, 0.29) is 0 Å². The predicted molar refractivity (Wildman–Crippen MR) is 91.9 cm³/mol. The fraction of sp³-hybridized carbons (Fsp3) is 0.556. The average Bonchev–Trinajstić information content (AvgIpc) is 3.08. The lowest BCUT2D eigenvalue weighted by Crippen LogP contribution is -2.46. The van der Waals surface area contributed by atoms with Gasteiger partial charge < -0.3 is 9.84 Å². The van der Waals surface area contributed by atoms with Crippen molar-refractivity contribution >= 4 is 0 Å². The van der Waals surface area contributed by atoms with Crippen LogP contribution in [0.25, 0.3) is 0 Å². The highest BCUT2D eigenvalue weighted by Gasteiger charge is 2.25. The summed E-state index contributed by atoms with van der Waals surface area (Å²) in [5, 5.41) is 14.6. The van der Waals surface area contributed by atoms with Gasteiger partial charge in [0.1, 0.15) is 31.1 Å². The topological polar surface area (TPSA) is 63.4 Å². The minimum atomic E-state index is -0.498. The number of rotatable bonds is 7. The van der Waals surface area contributed by atoms with Gasteiger partial charge in [-0.2, -0.15) is 5.10 Å². The molecule has 6 nitrogen and oxygen atoms in total. The van der Waals surface area contributed by atoms with E-state index in [1.165, 1.54) is 12.8 Å². The van der Waals surface area contributed by atoms with Crippen molar-refractivity contribution in [3.8, 4) is 5.75 Å². The van der Waals surface area contributed by atoms with Crippen molar-refractivity contribution in [2.24, 2.45) is 0 Å². The third kappa shape index (κ3) is 4.79. The zero-order valence-electron chi connectivity index (χ0n) is 14.2. The Morgan fingerprint density at radius 1 is 1.38 bits per heavy atom. The number of aryl methyl sites for hydroxylation is 1. The lowest BCUT2D eigenvalue weighted by atomic mass is 10.0. The van der Waals surface area contributed by atoms with Gasteiger partial charge in [-0.1, -0.05) is 18.6 Å². The summed E-state index contributed by atoms with van der Waals surface area (Å²) < 4.78 is 7.60. The van der Waals surface area contributed by atoms with E-state index in [4.69, 9.17) is 4.74 Å². The number of β-amino-alcohol motifs (C(OH)–C–C–N with tert-alkyl or cyclic N) is 1. The molecule has 0 bridgehead atoms. The third-order valence-corrected chi connectivity index (χ3v) is 4.49. The number of hydrogen-bond acceptors (Lipinski definition) is 5. The van der Waals surface area contributed by atoms with E-state index < -0.39 is 6.10 Å². The van der Waals surface area contributed by atoms with Gasteiger partial charge >= 0.3 is 0 Å². The van der Waals surface area contributed by atoms with Gasteiger partial charge in [0.15, 0.2) is 0 Å². The van der Waals surface area contributed by atoms with Crippen molar-refractivity contribution in [2.75, 3.05) is 19.7 Å². The summed E-state index contributed by atoms with van der Waals surface area (Å²) in [6.07, 6.45) is 6.36. The summed E-state index contributed by atoms with van der Waals surface area (Å²) in [6, 6.07) is 8.31. The van der Waals surface area contributed by atoms with Crippen molar-refractivity contribution < 1.29 is 9.84 Å². The number of aliphatic hydroxyl groups excluding tert-OH is 1. The first-order valence-corrected chi connectivity index (χ1v) is 8.65. The summed E-state index contributed by atoms with van der Waals surface area (Å²) in [4.78, 5) is 6.36. The molecule has 1 aromatic carbocycles. The second kappa shape index (κ2) is 8.26. The van der Waals surface area contributed by atoms with Crippen molar-refractivity contribution in [2.45, 2.75) is 44.9 Å². The highest BCUT2D eigenvalue weighted by atomic mass is 16.5. The number of likely N-dealkylation sites (tertiary alicyclic amines) is 1. The largest absolute Gasteiger partial charge is 0.491 e. The van der Waals surface area contributed by atoms with Gasteiger partial charge in [-0.05, 0) is 44.0 Å². The van der Waals surface area contributed by atoms with Gasteiger partial charge in [0.2, 0.25) is 0 Å². The zero-order valence-corrected chi connectivity index (χ0v) is 14.2. The molecule has 1 N–H and O–H groups in total. The Kier molecular flexibility index (Phi) is 5.82. The maximum atomic E-state index is 10.4. The normalized spacial score (nSPS) is 20.0. The van der Waals surface area contributed by atoms with Crippen LogP contribution in [0.5, 0.6) is 5.75 Å². The summed E-state index contributed by atoms with van der Waals surface area (Å²) in [5.41, 5.74) is 1.16. The molecular weight excluding hydrogens is 304 g/mol. The second-order valence-corrected chi connectivity index (χ2v) is 6.54. The maximum Gasteiger partial charge on any atom is 0.137 e. The van der Waals surface area contributed by atoms with Crippen molar-refractivity contribution in [3.05, 3.63) is 42.5 Å². The Balaban J connectivity index is 1.50. The van der Waals surface area contributed by atoms with Gasteiger partial charge in [-0.25, -0.2) is 4.98 Å². The van der Waals surface area contributed by atoms with Crippen molar-refractivity contribution in [3.63, 3.8) is 0 Å². The van der Waals surface area contributed by atoms with E-state index in [1.807, 2.05) is 35.9 Å². The lowest BCUT2D eigenvalue weighted by Gasteiger charge is -2.36. The maximum absolute atomic E-state index is 10.4. The number of ether oxygens (including phenoxy) is 1. The van der Waals surface area contributed by atoms with E-state index in [9.17, 15) is 5.11 Å². The molecule has 0 radical (unpaired) electrons. The van der Waals surface area contributed by atoms with E-state index in [0.29, 0.717) is 19.2 Å². The molecule has 1 aliphatic heterocycles. The first kappa shape index (κ1) is 16.9. The molecule has 0 unspecified atom stereocenters. The molecule has 0 amide bonds. The molecular formula is C18H26N4O2. The first-order valence-electron chi connectivity index (χ1n) is 8.65. The Morgan fingerprint density at radius 2 is 2.29 bits per heavy atom. The van der Waals surface area contributed by atoms with Crippen LogP contribution in [-0.4, -0.2) is 56.6 Å². The molecule has 1 fully saturated rings. The monoisotopic (exact) mass is 330 g/mol. The highest BCUT2D eigenvalue weighted by Crippen LogP contribution is 2.19. The third-order valence-electron chi connectivity index (χ3n) is 4.49. The molecule has 0 saturated carbocycles. The zero-order chi connectivity index (χ0) is 16.8. The standard InChI is InChI=1S/C18H26N4O2/c1-15-5-4-7-18(9-15)24-12-17(23)11-21-8-3-2-6-16(21)10-22-14-19-13-20-22/h4-5,7,9,13-14,16-17,23H,2-3,6,8,10-12H2,1H3/t16-,17+/m1/s1. The average molecular weight is 330 g/mol. The molecule has 1 aromatic heterocycles. The van der Waals surface area contributed by atoms with Gasteiger partial charge in [0, 0.05) is 12.6 Å². The fourth-order valence-electron chi connectivity index (χ4n) is 3.27. The highest BCUT2D eigenvalue weighted by molar-refractivity contribution is 5.27. The second-order valence-electron chi connectivity index (χ2n) is 6.54. The smallest absolute Gasteiger partial charge is 0.137 e. The summed E-state index contributed by atoms with van der Waals surface area (Å²) in [6.45, 7) is 4.82. The van der Waals surface area contributed by atoms with Crippen LogP contribution < -0.4 is 4.74 Å². The molecule has 0 aliphatic carbocycles.